The first kappa shape index (κ1) is 10.1. The van der Waals surface area contributed by atoms with E-state index in [0.29, 0.717) is 6.54 Å². The van der Waals surface area contributed by atoms with Gasteiger partial charge >= 0.3 is 0 Å². The number of likely N-dealkylation sites (tertiary alicyclic amines) is 1. The average Bonchev–Trinajstić information content (AvgIpc) is 2.63. The Hall–Kier alpha value is -1.44. The number of nitriles is 1. The molecule has 15 heavy (non-hydrogen) atoms. The Bertz CT molecular complexity index is 370. The van der Waals surface area contributed by atoms with Crippen LogP contribution in [0.2, 0.25) is 0 Å². The topological polar surface area (TPSA) is 65.9 Å². The van der Waals surface area contributed by atoms with Gasteiger partial charge in [0, 0.05) is 25.8 Å². The smallest absolute Gasteiger partial charge is 0.118 e. The molecule has 4 nitrogen and oxygen atoms in total. The van der Waals surface area contributed by atoms with Gasteiger partial charge in [-0.2, -0.15) is 5.26 Å². The summed E-state index contributed by atoms with van der Waals surface area (Å²) in [5.41, 5.74) is 6.25. The van der Waals surface area contributed by atoms with Crippen molar-refractivity contribution in [2.24, 2.45) is 5.73 Å². The second-order valence-electron chi connectivity index (χ2n) is 4.05. The predicted molar refractivity (Wildman–Crippen MR) is 56.7 cm³/mol. The molecular weight excluding hydrogens is 188 g/mol. The Balaban J connectivity index is 1.97. The predicted octanol–water partition coefficient (Wildman–Crippen LogP) is 0.508. The minimum Gasteiger partial charge on any atom is -0.312 e. The summed E-state index contributed by atoms with van der Waals surface area (Å²) < 4.78 is 0. The highest BCUT2D eigenvalue weighted by atomic mass is 15.2. The zero-order valence-corrected chi connectivity index (χ0v) is 8.56. The third-order valence-corrected chi connectivity index (χ3v) is 2.71. The normalized spacial score (nSPS) is 26.4. The SMILES string of the molecule is N#CC1(N)CCN(Cc2ccccn2)C1. The summed E-state index contributed by atoms with van der Waals surface area (Å²) in [6, 6.07) is 8.03. The molecule has 1 saturated heterocycles. The highest BCUT2D eigenvalue weighted by Gasteiger charge is 2.34. The van der Waals surface area contributed by atoms with E-state index in [9.17, 15) is 0 Å². The molecule has 78 valence electrons. The molecule has 1 fully saturated rings. The third kappa shape index (κ3) is 2.32. The van der Waals surface area contributed by atoms with Crippen LogP contribution < -0.4 is 5.73 Å². The van der Waals surface area contributed by atoms with E-state index in [4.69, 9.17) is 11.0 Å². The van der Waals surface area contributed by atoms with Crippen LogP contribution in [-0.2, 0) is 6.54 Å². The van der Waals surface area contributed by atoms with E-state index in [1.165, 1.54) is 0 Å². The molecule has 1 atom stereocenters. The molecule has 0 aliphatic carbocycles. The number of hydrogen-bond acceptors (Lipinski definition) is 4. The molecule has 0 spiro atoms. The van der Waals surface area contributed by atoms with Gasteiger partial charge in [-0.05, 0) is 18.6 Å². The maximum atomic E-state index is 8.89. The van der Waals surface area contributed by atoms with Crippen LogP contribution in [0, 0.1) is 11.3 Å². The summed E-state index contributed by atoms with van der Waals surface area (Å²) in [5, 5.41) is 8.89. The van der Waals surface area contributed by atoms with Gasteiger partial charge in [-0.25, -0.2) is 0 Å². The largest absolute Gasteiger partial charge is 0.312 e. The first-order valence-electron chi connectivity index (χ1n) is 5.04. The van der Waals surface area contributed by atoms with Crippen molar-refractivity contribution in [2.45, 2.75) is 18.5 Å². The molecule has 2 heterocycles. The Morgan fingerprint density at radius 2 is 2.47 bits per heavy atom. The molecule has 2 rings (SSSR count). The second kappa shape index (κ2) is 3.97. The summed E-state index contributed by atoms with van der Waals surface area (Å²) in [7, 11) is 0. The van der Waals surface area contributed by atoms with Gasteiger partial charge in [-0.15, -0.1) is 0 Å². The van der Waals surface area contributed by atoms with Crippen molar-refractivity contribution in [2.75, 3.05) is 13.1 Å². The third-order valence-electron chi connectivity index (χ3n) is 2.71. The van der Waals surface area contributed by atoms with Gasteiger partial charge < -0.3 is 5.73 Å². The highest BCUT2D eigenvalue weighted by molar-refractivity contribution is 5.12. The zero-order valence-electron chi connectivity index (χ0n) is 8.56. The fourth-order valence-electron chi connectivity index (χ4n) is 1.86. The number of nitrogens with two attached hydrogens (primary N) is 1. The van der Waals surface area contributed by atoms with E-state index in [-0.39, 0.29) is 0 Å². The van der Waals surface area contributed by atoms with Crippen molar-refractivity contribution in [1.82, 2.24) is 9.88 Å². The minimum atomic E-state index is -0.658. The van der Waals surface area contributed by atoms with Crippen LogP contribution in [0.5, 0.6) is 0 Å². The Labute approximate surface area is 89.3 Å². The monoisotopic (exact) mass is 202 g/mol. The average molecular weight is 202 g/mol. The van der Waals surface area contributed by atoms with Crippen molar-refractivity contribution in [3.63, 3.8) is 0 Å². The molecule has 1 unspecified atom stereocenters. The Kier molecular flexibility index (Phi) is 2.67. The minimum absolute atomic E-state index is 0.639. The number of hydrogen-bond donors (Lipinski definition) is 1. The molecule has 0 saturated carbocycles. The lowest BCUT2D eigenvalue weighted by Crippen LogP contribution is -2.40. The first-order valence-corrected chi connectivity index (χ1v) is 5.04. The molecule has 0 bridgehead atoms. The summed E-state index contributed by atoms with van der Waals surface area (Å²) >= 11 is 0. The number of rotatable bonds is 2. The maximum Gasteiger partial charge on any atom is 0.118 e. The van der Waals surface area contributed by atoms with E-state index < -0.39 is 5.54 Å². The summed E-state index contributed by atoms with van der Waals surface area (Å²) in [5.74, 6) is 0. The molecule has 2 N–H and O–H groups in total. The Morgan fingerprint density at radius 3 is 3.07 bits per heavy atom. The maximum absolute atomic E-state index is 8.89. The molecule has 4 heteroatoms. The van der Waals surface area contributed by atoms with Crippen LogP contribution in [0.25, 0.3) is 0 Å². The van der Waals surface area contributed by atoms with Crippen LogP contribution in [0.15, 0.2) is 24.4 Å². The van der Waals surface area contributed by atoms with Crippen LogP contribution in [-0.4, -0.2) is 28.5 Å². The molecule has 1 aliphatic heterocycles. The van der Waals surface area contributed by atoms with Gasteiger partial charge in [0.15, 0.2) is 0 Å². The zero-order chi connectivity index (χ0) is 10.7. The second-order valence-corrected chi connectivity index (χ2v) is 4.05. The lowest BCUT2D eigenvalue weighted by molar-refractivity contribution is 0.314. The standard InChI is InChI=1S/C11H14N4/c12-8-11(13)4-6-15(9-11)7-10-3-1-2-5-14-10/h1-3,5H,4,6-7,9,13H2. The van der Waals surface area contributed by atoms with E-state index in [2.05, 4.69) is 16.0 Å². The van der Waals surface area contributed by atoms with E-state index >= 15 is 0 Å². The van der Waals surface area contributed by atoms with Gasteiger partial charge in [-0.3, -0.25) is 9.88 Å². The van der Waals surface area contributed by atoms with Gasteiger partial charge in [0.1, 0.15) is 5.54 Å². The fourth-order valence-corrected chi connectivity index (χ4v) is 1.86. The summed E-state index contributed by atoms with van der Waals surface area (Å²) in [6.07, 6.45) is 2.53. The van der Waals surface area contributed by atoms with Gasteiger partial charge in [0.25, 0.3) is 0 Å². The highest BCUT2D eigenvalue weighted by Crippen LogP contribution is 2.19. The quantitative estimate of drug-likeness (QED) is 0.758. The summed E-state index contributed by atoms with van der Waals surface area (Å²) in [6.45, 7) is 2.29. The van der Waals surface area contributed by atoms with E-state index in [1.54, 1.807) is 6.20 Å². The fraction of sp³-hybridized carbons (Fsp3) is 0.455. The van der Waals surface area contributed by atoms with E-state index in [0.717, 1.165) is 25.2 Å². The molecular formula is C11H14N4. The van der Waals surface area contributed by atoms with Gasteiger partial charge in [0.2, 0.25) is 0 Å². The molecule has 0 radical (unpaired) electrons. The number of aromatic nitrogens is 1. The van der Waals surface area contributed by atoms with Crippen LogP contribution >= 0.6 is 0 Å². The van der Waals surface area contributed by atoms with Crippen molar-refractivity contribution >= 4 is 0 Å². The number of pyridine rings is 1. The first-order chi connectivity index (χ1) is 7.22. The van der Waals surface area contributed by atoms with Crippen molar-refractivity contribution in [3.05, 3.63) is 30.1 Å². The molecule has 1 aromatic rings. The molecule has 0 aromatic carbocycles. The van der Waals surface area contributed by atoms with Crippen LogP contribution in [0.1, 0.15) is 12.1 Å². The van der Waals surface area contributed by atoms with Gasteiger partial charge in [0.05, 0.1) is 11.8 Å². The molecule has 1 aromatic heterocycles. The number of nitrogens with zero attached hydrogens (tertiary/aromatic N) is 3. The van der Waals surface area contributed by atoms with Crippen molar-refractivity contribution in [3.8, 4) is 6.07 Å². The molecule has 1 aliphatic rings. The van der Waals surface area contributed by atoms with Crippen LogP contribution in [0.3, 0.4) is 0 Å². The Morgan fingerprint density at radius 1 is 1.60 bits per heavy atom. The lowest BCUT2D eigenvalue weighted by Gasteiger charge is -2.16. The van der Waals surface area contributed by atoms with Crippen molar-refractivity contribution < 1.29 is 0 Å². The van der Waals surface area contributed by atoms with E-state index in [1.807, 2.05) is 18.2 Å². The summed E-state index contributed by atoms with van der Waals surface area (Å²) in [4.78, 5) is 6.42. The van der Waals surface area contributed by atoms with Crippen molar-refractivity contribution in [1.29, 1.82) is 5.26 Å². The lowest BCUT2D eigenvalue weighted by atomic mass is 10.0. The van der Waals surface area contributed by atoms with Crippen LogP contribution in [0.4, 0.5) is 0 Å². The van der Waals surface area contributed by atoms with Gasteiger partial charge in [-0.1, -0.05) is 6.07 Å². The molecule has 0 amide bonds.